The third kappa shape index (κ3) is 2.31. The van der Waals surface area contributed by atoms with Crippen LogP contribution in [0.3, 0.4) is 0 Å². The lowest BCUT2D eigenvalue weighted by atomic mass is 9.93. The fourth-order valence-corrected chi connectivity index (χ4v) is 2.37. The van der Waals surface area contributed by atoms with Crippen LogP contribution in [-0.2, 0) is 11.3 Å². The predicted octanol–water partition coefficient (Wildman–Crippen LogP) is 0.952. The highest BCUT2D eigenvalue weighted by Crippen LogP contribution is 2.31. The molecule has 1 aliphatic rings. The molecule has 19 heavy (non-hydrogen) atoms. The summed E-state index contributed by atoms with van der Waals surface area (Å²) in [6, 6.07) is 0. The van der Waals surface area contributed by atoms with E-state index >= 15 is 0 Å². The molecule has 0 spiro atoms. The number of fused-ring (bicyclic) bond motifs is 1. The van der Waals surface area contributed by atoms with E-state index in [4.69, 9.17) is 0 Å². The van der Waals surface area contributed by atoms with Gasteiger partial charge in [0.1, 0.15) is 12.2 Å². The van der Waals surface area contributed by atoms with Crippen molar-refractivity contribution in [3.8, 4) is 0 Å². The SMILES string of the molecule is CC(=O)Nc1nc2n(n1)CCCC2c1cncnc1. The van der Waals surface area contributed by atoms with Gasteiger partial charge in [0, 0.05) is 31.8 Å². The van der Waals surface area contributed by atoms with Gasteiger partial charge in [-0.25, -0.2) is 14.6 Å². The number of aryl methyl sites for hydroxylation is 1. The summed E-state index contributed by atoms with van der Waals surface area (Å²) in [4.78, 5) is 23.6. The number of nitrogens with one attached hydrogen (secondary N) is 1. The Bertz CT molecular complexity index is 594. The molecule has 3 rings (SSSR count). The average molecular weight is 258 g/mol. The molecule has 0 saturated heterocycles. The summed E-state index contributed by atoms with van der Waals surface area (Å²) in [7, 11) is 0. The minimum atomic E-state index is -0.164. The summed E-state index contributed by atoms with van der Waals surface area (Å²) in [6.45, 7) is 2.27. The number of rotatable bonds is 2. The molecule has 0 aromatic carbocycles. The van der Waals surface area contributed by atoms with E-state index < -0.39 is 0 Å². The van der Waals surface area contributed by atoms with E-state index in [0.717, 1.165) is 30.8 Å². The Morgan fingerprint density at radius 3 is 2.95 bits per heavy atom. The monoisotopic (exact) mass is 258 g/mol. The van der Waals surface area contributed by atoms with Crippen LogP contribution in [0.15, 0.2) is 18.7 Å². The minimum Gasteiger partial charge on any atom is -0.293 e. The van der Waals surface area contributed by atoms with E-state index in [9.17, 15) is 4.79 Å². The van der Waals surface area contributed by atoms with Crippen LogP contribution >= 0.6 is 0 Å². The lowest BCUT2D eigenvalue weighted by Crippen LogP contribution is -2.18. The Balaban J connectivity index is 1.95. The molecule has 0 bridgehead atoms. The highest BCUT2D eigenvalue weighted by Gasteiger charge is 2.26. The molecule has 7 heteroatoms. The molecule has 2 aromatic rings. The number of hydrogen-bond donors (Lipinski definition) is 1. The smallest absolute Gasteiger partial charge is 0.248 e. The number of carbonyl (C=O) groups excluding carboxylic acids is 1. The van der Waals surface area contributed by atoms with Crippen molar-refractivity contribution in [1.82, 2.24) is 24.7 Å². The summed E-state index contributed by atoms with van der Waals surface area (Å²) in [5.74, 6) is 1.21. The maximum absolute atomic E-state index is 11.1. The molecule has 0 fully saturated rings. The van der Waals surface area contributed by atoms with Crippen LogP contribution in [0.5, 0.6) is 0 Å². The second-order valence-corrected chi connectivity index (χ2v) is 4.56. The predicted molar refractivity (Wildman–Crippen MR) is 67.4 cm³/mol. The highest BCUT2D eigenvalue weighted by molar-refractivity contribution is 5.86. The van der Waals surface area contributed by atoms with Gasteiger partial charge in [0.15, 0.2) is 0 Å². The zero-order chi connectivity index (χ0) is 13.2. The molecular formula is C12H14N6O. The van der Waals surface area contributed by atoms with Crippen LogP contribution in [0, 0.1) is 0 Å². The molecule has 1 aliphatic heterocycles. The first kappa shape index (κ1) is 11.8. The normalized spacial score (nSPS) is 17.8. The molecule has 0 saturated carbocycles. The molecule has 0 radical (unpaired) electrons. The van der Waals surface area contributed by atoms with Gasteiger partial charge in [0.2, 0.25) is 11.9 Å². The molecule has 1 N–H and O–H groups in total. The fourth-order valence-electron chi connectivity index (χ4n) is 2.37. The van der Waals surface area contributed by atoms with Gasteiger partial charge in [-0.2, -0.15) is 4.98 Å². The molecule has 0 aliphatic carbocycles. The van der Waals surface area contributed by atoms with Gasteiger partial charge in [-0.15, -0.1) is 5.10 Å². The third-order valence-corrected chi connectivity index (χ3v) is 3.15. The number of hydrogen-bond acceptors (Lipinski definition) is 5. The summed E-state index contributed by atoms with van der Waals surface area (Å²) in [5, 5.41) is 6.92. The Labute approximate surface area is 110 Å². The Morgan fingerprint density at radius 2 is 2.21 bits per heavy atom. The van der Waals surface area contributed by atoms with Crippen molar-refractivity contribution in [1.29, 1.82) is 0 Å². The van der Waals surface area contributed by atoms with E-state index in [1.54, 1.807) is 12.4 Å². The van der Waals surface area contributed by atoms with Crippen molar-refractivity contribution in [2.45, 2.75) is 32.2 Å². The van der Waals surface area contributed by atoms with Crippen molar-refractivity contribution < 1.29 is 4.79 Å². The summed E-state index contributed by atoms with van der Waals surface area (Å²) in [6.07, 6.45) is 7.14. The number of carbonyl (C=O) groups is 1. The molecule has 3 heterocycles. The standard InChI is InChI=1S/C12H14N6O/c1-8(19)15-12-16-11-10(3-2-4-18(11)17-12)9-5-13-7-14-6-9/h5-7,10H,2-4H2,1H3,(H,15,17,19). The Morgan fingerprint density at radius 1 is 1.42 bits per heavy atom. The van der Waals surface area contributed by atoms with Gasteiger partial charge in [0.05, 0.1) is 0 Å². The summed E-state index contributed by atoms with van der Waals surface area (Å²) < 4.78 is 1.85. The molecule has 1 atom stereocenters. The van der Waals surface area contributed by atoms with Crippen LogP contribution in [0.25, 0.3) is 0 Å². The second-order valence-electron chi connectivity index (χ2n) is 4.56. The first-order chi connectivity index (χ1) is 9.24. The van der Waals surface area contributed by atoms with Gasteiger partial charge in [-0.3, -0.25) is 10.1 Å². The van der Waals surface area contributed by atoms with Crippen LogP contribution in [0.2, 0.25) is 0 Å². The van der Waals surface area contributed by atoms with Gasteiger partial charge in [-0.1, -0.05) is 0 Å². The number of nitrogens with zero attached hydrogens (tertiary/aromatic N) is 5. The van der Waals surface area contributed by atoms with Crippen molar-refractivity contribution in [3.05, 3.63) is 30.1 Å². The van der Waals surface area contributed by atoms with Crippen molar-refractivity contribution in [2.24, 2.45) is 0 Å². The number of aromatic nitrogens is 5. The maximum Gasteiger partial charge on any atom is 0.248 e. The zero-order valence-corrected chi connectivity index (χ0v) is 10.6. The van der Waals surface area contributed by atoms with Gasteiger partial charge in [0.25, 0.3) is 0 Å². The lowest BCUT2D eigenvalue weighted by Gasteiger charge is -2.21. The zero-order valence-electron chi connectivity index (χ0n) is 10.6. The molecule has 7 nitrogen and oxygen atoms in total. The Kier molecular flexibility index (Phi) is 2.94. The number of amides is 1. The quantitative estimate of drug-likeness (QED) is 0.866. The van der Waals surface area contributed by atoms with E-state index in [0.29, 0.717) is 5.95 Å². The van der Waals surface area contributed by atoms with Crippen LogP contribution in [0.1, 0.15) is 37.1 Å². The molecular weight excluding hydrogens is 244 g/mol. The van der Waals surface area contributed by atoms with E-state index in [-0.39, 0.29) is 11.8 Å². The van der Waals surface area contributed by atoms with Crippen LogP contribution in [0.4, 0.5) is 5.95 Å². The summed E-state index contributed by atoms with van der Waals surface area (Å²) >= 11 is 0. The van der Waals surface area contributed by atoms with E-state index in [2.05, 4.69) is 25.4 Å². The van der Waals surface area contributed by atoms with Gasteiger partial charge in [-0.05, 0) is 18.4 Å². The molecule has 2 aromatic heterocycles. The van der Waals surface area contributed by atoms with Gasteiger partial charge < -0.3 is 0 Å². The molecule has 1 unspecified atom stereocenters. The topological polar surface area (TPSA) is 85.6 Å². The van der Waals surface area contributed by atoms with Crippen LogP contribution < -0.4 is 5.32 Å². The minimum absolute atomic E-state index is 0.143. The fraction of sp³-hybridized carbons (Fsp3) is 0.417. The van der Waals surface area contributed by atoms with Crippen LogP contribution in [-0.4, -0.2) is 30.6 Å². The van der Waals surface area contributed by atoms with Gasteiger partial charge >= 0.3 is 0 Å². The third-order valence-electron chi connectivity index (χ3n) is 3.15. The lowest BCUT2D eigenvalue weighted by molar-refractivity contribution is -0.114. The summed E-state index contributed by atoms with van der Waals surface area (Å²) in [5.41, 5.74) is 1.03. The Hall–Kier alpha value is -2.31. The van der Waals surface area contributed by atoms with Crippen molar-refractivity contribution >= 4 is 11.9 Å². The first-order valence-electron chi connectivity index (χ1n) is 6.21. The number of anilines is 1. The largest absolute Gasteiger partial charge is 0.293 e. The molecule has 1 amide bonds. The van der Waals surface area contributed by atoms with E-state index in [1.165, 1.54) is 13.3 Å². The molecule has 98 valence electrons. The maximum atomic E-state index is 11.1. The highest BCUT2D eigenvalue weighted by atomic mass is 16.1. The van der Waals surface area contributed by atoms with Crippen molar-refractivity contribution in [2.75, 3.05) is 5.32 Å². The second kappa shape index (κ2) is 4.75. The van der Waals surface area contributed by atoms with Crippen molar-refractivity contribution in [3.63, 3.8) is 0 Å². The average Bonchev–Trinajstić information content (AvgIpc) is 2.80. The first-order valence-corrected chi connectivity index (χ1v) is 6.21. The van der Waals surface area contributed by atoms with E-state index in [1.807, 2.05) is 4.68 Å².